The van der Waals surface area contributed by atoms with Crippen molar-refractivity contribution in [2.45, 2.75) is 32.6 Å². The van der Waals surface area contributed by atoms with Crippen LogP contribution in [0.1, 0.15) is 32.6 Å². The molecule has 2 unspecified atom stereocenters. The molecule has 0 radical (unpaired) electrons. The predicted octanol–water partition coefficient (Wildman–Crippen LogP) is 4.16. The number of hydrogen-bond donors (Lipinski definition) is 1. The van der Waals surface area contributed by atoms with Gasteiger partial charge in [0.05, 0.1) is 10.7 Å². The van der Waals surface area contributed by atoms with Crippen molar-refractivity contribution in [3.05, 3.63) is 35.9 Å². The monoisotopic (exact) mass is 304 g/mol. The van der Waals surface area contributed by atoms with Crippen LogP contribution in [0.2, 0.25) is 5.02 Å². The minimum atomic E-state index is 0.683. The molecule has 1 N–H and O–H groups in total. The van der Waals surface area contributed by atoms with Crippen LogP contribution < -0.4 is 5.32 Å². The zero-order valence-electron chi connectivity index (χ0n) is 12.3. The van der Waals surface area contributed by atoms with Crippen LogP contribution in [0.15, 0.2) is 30.9 Å². The lowest BCUT2D eigenvalue weighted by Crippen LogP contribution is -2.21. The molecule has 0 bridgehead atoms. The van der Waals surface area contributed by atoms with Crippen LogP contribution >= 0.6 is 11.6 Å². The summed E-state index contributed by atoms with van der Waals surface area (Å²) < 4.78 is 1.72. The zero-order valence-corrected chi connectivity index (χ0v) is 13.1. The van der Waals surface area contributed by atoms with Gasteiger partial charge in [-0.1, -0.05) is 37.4 Å². The molecule has 2 atom stereocenters. The molecule has 1 aromatic heterocycles. The second-order valence-corrected chi connectivity index (χ2v) is 6.40. The van der Waals surface area contributed by atoms with Crippen LogP contribution in [0.4, 0.5) is 5.69 Å². The first-order chi connectivity index (χ1) is 10.2. The van der Waals surface area contributed by atoms with Gasteiger partial charge in [0, 0.05) is 6.54 Å². The SMILES string of the molecule is CC1CCCC(CNc2cccc(Cl)c2-n2cncn2)C1. The van der Waals surface area contributed by atoms with E-state index < -0.39 is 0 Å². The highest BCUT2D eigenvalue weighted by molar-refractivity contribution is 6.33. The minimum absolute atomic E-state index is 0.683. The largest absolute Gasteiger partial charge is 0.383 e. The van der Waals surface area contributed by atoms with Crippen molar-refractivity contribution in [2.24, 2.45) is 11.8 Å². The standard InChI is InChI=1S/C16H21ClN4/c1-12-4-2-5-13(8-12)9-19-15-7-3-6-14(17)16(15)21-11-18-10-20-21/h3,6-7,10-13,19H,2,4-5,8-9H2,1H3. The van der Waals surface area contributed by atoms with E-state index in [0.29, 0.717) is 5.02 Å². The summed E-state index contributed by atoms with van der Waals surface area (Å²) in [5.74, 6) is 1.59. The van der Waals surface area contributed by atoms with E-state index in [4.69, 9.17) is 11.6 Å². The number of benzene rings is 1. The van der Waals surface area contributed by atoms with Gasteiger partial charge in [0.2, 0.25) is 0 Å². The van der Waals surface area contributed by atoms with E-state index in [2.05, 4.69) is 28.4 Å². The first-order valence-electron chi connectivity index (χ1n) is 7.61. The van der Waals surface area contributed by atoms with E-state index in [0.717, 1.165) is 29.8 Å². The molecule has 0 amide bonds. The van der Waals surface area contributed by atoms with E-state index in [1.165, 1.54) is 32.0 Å². The molecule has 0 saturated heterocycles. The van der Waals surface area contributed by atoms with Crippen molar-refractivity contribution in [3.63, 3.8) is 0 Å². The summed E-state index contributed by atoms with van der Waals surface area (Å²) in [6, 6.07) is 5.90. The fourth-order valence-corrected chi connectivity index (χ4v) is 3.48. The van der Waals surface area contributed by atoms with Crippen LogP contribution in [-0.2, 0) is 0 Å². The van der Waals surface area contributed by atoms with Gasteiger partial charge >= 0.3 is 0 Å². The van der Waals surface area contributed by atoms with Gasteiger partial charge in [-0.15, -0.1) is 0 Å². The highest BCUT2D eigenvalue weighted by Gasteiger charge is 2.19. The molecule has 1 fully saturated rings. The fraction of sp³-hybridized carbons (Fsp3) is 0.500. The van der Waals surface area contributed by atoms with Gasteiger partial charge in [-0.2, -0.15) is 5.10 Å². The summed E-state index contributed by atoms with van der Waals surface area (Å²) >= 11 is 6.34. The van der Waals surface area contributed by atoms with Crippen molar-refractivity contribution < 1.29 is 0 Å². The topological polar surface area (TPSA) is 42.7 Å². The number of hydrogen-bond acceptors (Lipinski definition) is 3. The lowest BCUT2D eigenvalue weighted by atomic mass is 9.82. The quantitative estimate of drug-likeness (QED) is 0.922. The Bertz CT molecular complexity index is 582. The Balaban J connectivity index is 1.75. The van der Waals surface area contributed by atoms with E-state index in [1.54, 1.807) is 11.0 Å². The van der Waals surface area contributed by atoms with Gasteiger partial charge in [0.15, 0.2) is 0 Å². The predicted molar refractivity (Wildman–Crippen MR) is 86.0 cm³/mol. The number of rotatable bonds is 4. The third-order valence-corrected chi connectivity index (χ3v) is 4.57. The van der Waals surface area contributed by atoms with Gasteiger partial charge < -0.3 is 5.32 Å². The molecule has 1 aromatic carbocycles. The van der Waals surface area contributed by atoms with Crippen LogP contribution in [-0.4, -0.2) is 21.3 Å². The Hall–Kier alpha value is -1.55. The minimum Gasteiger partial charge on any atom is -0.383 e. The number of halogens is 1. The average molecular weight is 305 g/mol. The summed E-state index contributed by atoms with van der Waals surface area (Å²) in [4.78, 5) is 4.01. The first-order valence-corrected chi connectivity index (χ1v) is 7.99. The molecule has 1 saturated carbocycles. The number of nitrogens with one attached hydrogen (secondary N) is 1. The molecule has 3 rings (SSSR count). The molecule has 2 aromatic rings. The molecule has 4 nitrogen and oxygen atoms in total. The van der Waals surface area contributed by atoms with E-state index >= 15 is 0 Å². The molecule has 1 aliphatic carbocycles. The molecule has 21 heavy (non-hydrogen) atoms. The van der Waals surface area contributed by atoms with Crippen molar-refractivity contribution in [2.75, 3.05) is 11.9 Å². The molecule has 0 aliphatic heterocycles. The normalized spacial score (nSPS) is 22.2. The van der Waals surface area contributed by atoms with Gasteiger partial charge in [-0.3, -0.25) is 0 Å². The smallest absolute Gasteiger partial charge is 0.138 e. The summed E-state index contributed by atoms with van der Waals surface area (Å²) in [5.41, 5.74) is 1.90. The zero-order chi connectivity index (χ0) is 14.7. The molecule has 112 valence electrons. The fourth-order valence-electron chi connectivity index (χ4n) is 3.21. The molecule has 1 aliphatic rings. The second kappa shape index (κ2) is 6.48. The Labute approximate surface area is 130 Å². The Morgan fingerprint density at radius 2 is 2.29 bits per heavy atom. The summed E-state index contributed by atoms with van der Waals surface area (Å²) in [6.45, 7) is 3.35. The maximum atomic E-state index is 6.34. The Kier molecular flexibility index (Phi) is 4.44. The van der Waals surface area contributed by atoms with Gasteiger partial charge in [0.25, 0.3) is 0 Å². The van der Waals surface area contributed by atoms with E-state index in [1.807, 2.05) is 12.1 Å². The highest BCUT2D eigenvalue weighted by atomic mass is 35.5. The Morgan fingerprint density at radius 1 is 1.38 bits per heavy atom. The third-order valence-electron chi connectivity index (χ3n) is 4.26. The highest BCUT2D eigenvalue weighted by Crippen LogP contribution is 2.31. The summed E-state index contributed by atoms with van der Waals surface area (Å²) in [6.07, 6.45) is 8.55. The second-order valence-electron chi connectivity index (χ2n) is 5.99. The summed E-state index contributed by atoms with van der Waals surface area (Å²) in [7, 11) is 0. The molecule has 5 heteroatoms. The van der Waals surface area contributed by atoms with E-state index in [9.17, 15) is 0 Å². The van der Waals surface area contributed by atoms with Crippen LogP contribution in [0.5, 0.6) is 0 Å². The van der Waals surface area contributed by atoms with Crippen LogP contribution in [0, 0.1) is 11.8 Å². The molecule has 1 heterocycles. The maximum absolute atomic E-state index is 6.34. The van der Waals surface area contributed by atoms with Gasteiger partial charge in [-0.05, 0) is 36.8 Å². The number of para-hydroxylation sites is 1. The van der Waals surface area contributed by atoms with E-state index in [-0.39, 0.29) is 0 Å². The van der Waals surface area contributed by atoms with Gasteiger partial charge in [-0.25, -0.2) is 9.67 Å². The lowest BCUT2D eigenvalue weighted by Gasteiger charge is -2.27. The maximum Gasteiger partial charge on any atom is 0.138 e. The lowest BCUT2D eigenvalue weighted by molar-refractivity contribution is 0.293. The van der Waals surface area contributed by atoms with Crippen LogP contribution in [0.25, 0.3) is 5.69 Å². The average Bonchev–Trinajstić information content (AvgIpc) is 2.99. The molecular formula is C16H21ClN4. The summed E-state index contributed by atoms with van der Waals surface area (Å²) in [5, 5.41) is 8.44. The van der Waals surface area contributed by atoms with Crippen molar-refractivity contribution in [1.82, 2.24) is 14.8 Å². The first kappa shape index (κ1) is 14.4. The molecule has 0 spiro atoms. The van der Waals surface area contributed by atoms with Gasteiger partial charge in [0.1, 0.15) is 18.3 Å². The number of aromatic nitrogens is 3. The third kappa shape index (κ3) is 3.38. The molecular weight excluding hydrogens is 284 g/mol. The number of anilines is 1. The Morgan fingerprint density at radius 3 is 3.05 bits per heavy atom. The number of nitrogens with zero attached hydrogens (tertiary/aromatic N) is 3. The van der Waals surface area contributed by atoms with Crippen molar-refractivity contribution in [3.8, 4) is 5.69 Å². The van der Waals surface area contributed by atoms with Crippen LogP contribution in [0.3, 0.4) is 0 Å². The van der Waals surface area contributed by atoms with Crippen molar-refractivity contribution >= 4 is 17.3 Å². The van der Waals surface area contributed by atoms with Crippen molar-refractivity contribution in [1.29, 1.82) is 0 Å².